The van der Waals surface area contributed by atoms with E-state index in [9.17, 15) is 0 Å². The van der Waals surface area contributed by atoms with Gasteiger partial charge in [-0.1, -0.05) is 103 Å². The minimum atomic E-state index is 0.127. The summed E-state index contributed by atoms with van der Waals surface area (Å²) in [4.78, 5) is 0. The summed E-state index contributed by atoms with van der Waals surface area (Å²) in [7, 11) is 2.18. The third-order valence-electron chi connectivity index (χ3n) is 7.35. The number of hydrogen-bond donors (Lipinski definition) is 0. The van der Waals surface area contributed by atoms with Crippen molar-refractivity contribution in [3.63, 3.8) is 0 Å². The first-order valence-electron chi connectivity index (χ1n) is 13.3. The molecule has 4 aromatic rings. The lowest BCUT2D eigenvalue weighted by atomic mass is 9.78. The normalized spacial score (nSPS) is 12.0. The molecule has 4 rings (SSSR count). The van der Waals surface area contributed by atoms with Crippen molar-refractivity contribution >= 4 is 0 Å². The Balaban J connectivity index is 1.87. The third kappa shape index (κ3) is 5.16. The average Bonchev–Trinajstić information content (AvgIpc) is 2.83. The van der Waals surface area contributed by atoms with Crippen LogP contribution in [0.5, 0.6) is 0 Å². The maximum Gasteiger partial charge on any atom is 0.212 e. The van der Waals surface area contributed by atoms with E-state index in [0.717, 1.165) is 0 Å². The predicted molar refractivity (Wildman–Crippen MR) is 156 cm³/mol. The fourth-order valence-corrected chi connectivity index (χ4v) is 5.11. The van der Waals surface area contributed by atoms with Gasteiger partial charge in [0.05, 0.1) is 0 Å². The maximum absolute atomic E-state index is 2.45. The van der Waals surface area contributed by atoms with Crippen LogP contribution in [0, 0.1) is 6.92 Å². The van der Waals surface area contributed by atoms with E-state index in [4.69, 9.17) is 0 Å². The molecule has 0 aliphatic carbocycles. The molecule has 0 aliphatic heterocycles. The zero-order valence-corrected chi connectivity index (χ0v) is 23.6. The van der Waals surface area contributed by atoms with Gasteiger partial charge in [0.25, 0.3) is 0 Å². The summed E-state index contributed by atoms with van der Waals surface area (Å²) in [5, 5.41) is 0. The third-order valence-corrected chi connectivity index (χ3v) is 7.35. The van der Waals surface area contributed by atoms with Gasteiger partial charge in [0.2, 0.25) is 5.69 Å². The summed E-state index contributed by atoms with van der Waals surface area (Å²) in [5.41, 5.74) is 13.5. The molecule has 1 heteroatoms. The summed E-state index contributed by atoms with van der Waals surface area (Å²) in [5.74, 6) is 0.907. The molecule has 36 heavy (non-hydrogen) atoms. The largest absolute Gasteiger partial charge is 0.212 e. The number of aryl methyl sites for hydroxylation is 2. The van der Waals surface area contributed by atoms with Gasteiger partial charge in [-0.2, -0.15) is 0 Å². The lowest BCUT2D eigenvalue weighted by molar-refractivity contribution is -0.659. The first kappa shape index (κ1) is 25.9. The molecule has 0 bridgehead atoms. The second-order valence-electron chi connectivity index (χ2n) is 11.9. The number of benzene rings is 3. The zero-order valence-electron chi connectivity index (χ0n) is 23.6. The standard InChI is InChI=1S/C35H42N/c1-23(2)30-20-29(35(6,7)8)21-31(24(3)4)34(30)28-17-18-33(36(9)22-28)32-19-27(16-15-25(32)5)26-13-11-10-12-14-26/h10-24H,1-9H3/q+1. The van der Waals surface area contributed by atoms with E-state index < -0.39 is 0 Å². The monoisotopic (exact) mass is 476 g/mol. The molecule has 0 unspecified atom stereocenters. The molecular formula is C35H42N+. The minimum Gasteiger partial charge on any atom is -0.200 e. The number of hydrogen-bond acceptors (Lipinski definition) is 0. The molecule has 0 N–H and O–H groups in total. The van der Waals surface area contributed by atoms with Crippen molar-refractivity contribution in [2.24, 2.45) is 7.05 Å². The van der Waals surface area contributed by atoms with Crippen LogP contribution in [-0.4, -0.2) is 0 Å². The van der Waals surface area contributed by atoms with Crippen LogP contribution in [0.2, 0.25) is 0 Å². The van der Waals surface area contributed by atoms with Crippen molar-refractivity contribution in [3.8, 4) is 33.5 Å². The fourth-order valence-electron chi connectivity index (χ4n) is 5.11. The maximum atomic E-state index is 2.45. The number of rotatable bonds is 5. The van der Waals surface area contributed by atoms with E-state index in [1.807, 2.05) is 0 Å². The van der Waals surface area contributed by atoms with Crippen molar-refractivity contribution in [2.45, 2.75) is 72.6 Å². The van der Waals surface area contributed by atoms with Gasteiger partial charge in [-0.25, -0.2) is 4.57 Å². The van der Waals surface area contributed by atoms with Crippen molar-refractivity contribution in [3.05, 3.63) is 101 Å². The summed E-state index contributed by atoms with van der Waals surface area (Å²) in [6.07, 6.45) is 2.33. The lowest BCUT2D eigenvalue weighted by Gasteiger charge is -2.27. The highest BCUT2D eigenvalue weighted by molar-refractivity contribution is 5.76. The molecule has 186 valence electrons. The highest BCUT2D eigenvalue weighted by Crippen LogP contribution is 2.40. The van der Waals surface area contributed by atoms with Gasteiger partial charge in [-0.15, -0.1) is 0 Å². The topological polar surface area (TPSA) is 3.88 Å². The second-order valence-corrected chi connectivity index (χ2v) is 11.9. The molecule has 0 saturated heterocycles. The molecule has 0 fully saturated rings. The molecule has 1 aromatic heterocycles. The first-order valence-corrected chi connectivity index (χ1v) is 13.3. The van der Waals surface area contributed by atoms with Crippen LogP contribution >= 0.6 is 0 Å². The van der Waals surface area contributed by atoms with Crippen LogP contribution in [-0.2, 0) is 12.5 Å². The Labute approximate surface area is 218 Å². The van der Waals surface area contributed by atoms with E-state index in [1.165, 1.54) is 55.8 Å². The smallest absolute Gasteiger partial charge is 0.200 e. The summed E-state index contributed by atoms with van der Waals surface area (Å²) in [6.45, 7) is 18.4. The van der Waals surface area contributed by atoms with Gasteiger partial charge in [0.15, 0.2) is 6.20 Å². The Morgan fingerprint density at radius 3 is 1.78 bits per heavy atom. The Hall–Kier alpha value is -3.19. The van der Waals surface area contributed by atoms with Crippen LogP contribution < -0.4 is 4.57 Å². The first-order chi connectivity index (χ1) is 17.0. The summed E-state index contributed by atoms with van der Waals surface area (Å²) < 4.78 is 2.30. The van der Waals surface area contributed by atoms with Gasteiger partial charge in [0.1, 0.15) is 7.05 Å². The summed E-state index contributed by atoms with van der Waals surface area (Å²) in [6, 6.07) is 27.0. The Morgan fingerprint density at radius 2 is 1.25 bits per heavy atom. The van der Waals surface area contributed by atoms with Crippen LogP contribution in [0.25, 0.3) is 33.5 Å². The number of aromatic nitrogens is 1. The van der Waals surface area contributed by atoms with Gasteiger partial charge < -0.3 is 0 Å². The van der Waals surface area contributed by atoms with Gasteiger partial charge >= 0.3 is 0 Å². The molecule has 1 nitrogen and oxygen atoms in total. The lowest BCUT2D eigenvalue weighted by Crippen LogP contribution is -2.31. The Morgan fingerprint density at radius 1 is 0.667 bits per heavy atom. The average molecular weight is 477 g/mol. The van der Waals surface area contributed by atoms with E-state index in [2.05, 4.69) is 146 Å². The van der Waals surface area contributed by atoms with Crippen LogP contribution in [0.4, 0.5) is 0 Å². The molecule has 0 amide bonds. The van der Waals surface area contributed by atoms with E-state index >= 15 is 0 Å². The Bertz CT molecular complexity index is 1340. The van der Waals surface area contributed by atoms with Crippen LogP contribution in [0.1, 0.15) is 82.6 Å². The molecule has 1 heterocycles. The van der Waals surface area contributed by atoms with E-state index in [1.54, 1.807) is 0 Å². The van der Waals surface area contributed by atoms with Crippen molar-refractivity contribution < 1.29 is 4.57 Å². The van der Waals surface area contributed by atoms with Gasteiger partial charge in [0, 0.05) is 17.2 Å². The second kappa shape index (κ2) is 10.1. The molecule has 0 spiro atoms. The van der Waals surface area contributed by atoms with Crippen molar-refractivity contribution in [2.75, 3.05) is 0 Å². The number of pyridine rings is 1. The molecule has 0 aliphatic rings. The van der Waals surface area contributed by atoms with E-state index in [-0.39, 0.29) is 5.41 Å². The summed E-state index contributed by atoms with van der Waals surface area (Å²) >= 11 is 0. The highest BCUT2D eigenvalue weighted by atomic mass is 14.9. The fraction of sp³-hybridized carbons (Fsp3) is 0.343. The highest BCUT2D eigenvalue weighted by Gasteiger charge is 2.24. The molecule has 0 saturated carbocycles. The van der Waals surface area contributed by atoms with Crippen molar-refractivity contribution in [1.29, 1.82) is 0 Å². The van der Waals surface area contributed by atoms with Gasteiger partial charge in [-0.3, -0.25) is 0 Å². The molecule has 0 atom stereocenters. The predicted octanol–water partition coefficient (Wildman–Crippen LogP) is 9.36. The van der Waals surface area contributed by atoms with Gasteiger partial charge in [-0.05, 0) is 75.3 Å². The van der Waals surface area contributed by atoms with Crippen LogP contribution in [0.15, 0.2) is 79.0 Å². The zero-order chi connectivity index (χ0) is 26.2. The van der Waals surface area contributed by atoms with Crippen LogP contribution in [0.3, 0.4) is 0 Å². The molecule has 0 radical (unpaired) electrons. The molecule has 3 aromatic carbocycles. The quantitative estimate of drug-likeness (QED) is 0.253. The van der Waals surface area contributed by atoms with E-state index in [0.29, 0.717) is 11.8 Å². The molecular weight excluding hydrogens is 434 g/mol. The van der Waals surface area contributed by atoms with Crippen molar-refractivity contribution in [1.82, 2.24) is 0 Å². The Kier molecular flexibility index (Phi) is 7.23. The SMILES string of the molecule is Cc1ccc(-c2ccccc2)cc1-c1ccc(-c2c(C(C)C)cc(C(C)(C)C)cc2C(C)C)c[n+]1C. The minimum absolute atomic E-state index is 0.127. The number of nitrogens with zero attached hydrogens (tertiary/aromatic N) is 1.